The normalized spacial score (nSPS) is 14.4. The highest BCUT2D eigenvalue weighted by molar-refractivity contribution is 14.1. The van der Waals surface area contributed by atoms with E-state index in [1.807, 2.05) is 0 Å². The van der Waals surface area contributed by atoms with E-state index in [9.17, 15) is 0 Å². The molecule has 1 heterocycles. The molecule has 58 valence electrons. The maximum Gasteiger partial charge on any atom is 0.0384 e. The molecule has 1 aliphatic heterocycles. The molecule has 1 aromatic carbocycles. The fraction of sp³-hybridized carbons (Fsp3) is 0.250. The molecule has 1 aromatic rings. The van der Waals surface area contributed by atoms with Crippen LogP contribution in [0.3, 0.4) is 0 Å². The van der Waals surface area contributed by atoms with E-state index in [0.29, 0.717) is 0 Å². The van der Waals surface area contributed by atoms with Gasteiger partial charge in [0.1, 0.15) is 0 Å². The van der Waals surface area contributed by atoms with Crippen LogP contribution in [0.4, 0.5) is 5.69 Å². The highest BCUT2D eigenvalue weighted by Gasteiger charge is 2.10. The molecule has 0 saturated heterocycles. The minimum atomic E-state index is 1.07. The molecule has 3 heteroatoms. The van der Waals surface area contributed by atoms with Crippen LogP contribution < -0.4 is 5.32 Å². The summed E-state index contributed by atoms with van der Waals surface area (Å²) in [7, 11) is 0. The van der Waals surface area contributed by atoms with Gasteiger partial charge in [-0.15, -0.1) is 12.6 Å². The smallest absolute Gasteiger partial charge is 0.0384 e. The fourth-order valence-corrected chi connectivity index (χ4v) is 2.00. The van der Waals surface area contributed by atoms with Crippen molar-refractivity contribution in [2.45, 2.75) is 11.3 Å². The zero-order valence-electron chi connectivity index (χ0n) is 5.89. The van der Waals surface area contributed by atoms with E-state index in [4.69, 9.17) is 0 Å². The van der Waals surface area contributed by atoms with Crippen LogP contribution in [0.1, 0.15) is 5.56 Å². The Morgan fingerprint density at radius 3 is 3.09 bits per heavy atom. The molecule has 1 N–H and O–H groups in total. The van der Waals surface area contributed by atoms with E-state index >= 15 is 0 Å². The molecular formula is C8H8INS. The molecule has 0 fully saturated rings. The van der Waals surface area contributed by atoms with Crippen molar-refractivity contribution in [3.63, 3.8) is 0 Å². The molecule has 0 atom stereocenters. The molecule has 1 aliphatic rings. The van der Waals surface area contributed by atoms with Gasteiger partial charge >= 0.3 is 0 Å². The van der Waals surface area contributed by atoms with E-state index in [1.54, 1.807) is 0 Å². The quantitative estimate of drug-likeness (QED) is 0.548. The molecule has 0 spiro atoms. The first-order valence-electron chi connectivity index (χ1n) is 3.52. The fourth-order valence-electron chi connectivity index (χ4n) is 1.31. The van der Waals surface area contributed by atoms with Gasteiger partial charge in [-0.2, -0.15) is 0 Å². The summed E-state index contributed by atoms with van der Waals surface area (Å²) in [4.78, 5) is 1.09. The molecule has 0 saturated carbocycles. The zero-order valence-corrected chi connectivity index (χ0v) is 8.95. The second-order valence-corrected chi connectivity index (χ2v) is 4.28. The summed E-state index contributed by atoms with van der Waals surface area (Å²) in [6.45, 7) is 1.07. The first kappa shape index (κ1) is 7.73. The number of thiol groups is 1. The lowest BCUT2D eigenvalue weighted by Crippen LogP contribution is -1.90. The molecule has 0 aliphatic carbocycles. The Kier molecular flexibility index (Phi) is 2.01. The summed E-state index contributed by atoms with van der Waals surface area (Å²) < 4.78 is 1.22. The number of halogens is 1. The van der Waals surface area contributed by atoms with Crippen molar-refractivity contribution in [1.29, 1.82) is 0 Å². The summed E-state index contributed by atoms with van der Waals surface area (Å²) in [5, 5.41) is 3.33. The zero-order chi connectivity index (χ0) is 7.84. The molecule has 0 radical (unpaired) electrons. The first-order valence-corrected chi connectivity index (χ1v) is 5.05. The van der Waals surface area contributed by atoms with Gasteiger partial charge in [0.25, 0.3) is 0 Å². The highest BCUT2D eigenvalue weighted by Crippen LogP contribution is 2.28. The SMILES string of the molecule is Sc1cc2c(cc1I)NCC2. The number of benzene rings is 1. The lowest BCUT2D eigenvalue weighted by molar-refractivity contribution is 1.10. The van der Waals surface area contributed by atoms with Gasteiger partial charge in [-0.1, -0.05) is 0 Å². The summed E-state index contributed by atoms with van der Waals surface area (Å²) in [6, 6.07) is 4.31. The van der Waals surface area contributed by atoms with Crippen molar-refractivity contribution in [2.75, 3.05) is 11.9 Å². The predicted molar refractivity (Wildman–Crippen MR) is 58.6 cm³/mol. The van der Waals surface area contributed by atoms with Crippen molar-refractivity contribution in [3.05, 3.63) is 21.3 Å². The predicted octanol–water partition coefficient (Wildman–Crippen LogP) is 2.55. The third-order valence-electron chi connectivity index (χ3n) is 1.88. The second kappa shape index (κ2) is 2.86. The Morgan fingerprint density at radius 1 is 1.45 bits per heavy atom. The van der Waals surface area contributed by atoms with Crippen LogP contribution in [0.5, 0.6) is 0 Å². The molecular weight excluding hydrogens is 269 g/mol. The van der Waals surface area contributed by atoms with E-state index in [-0.39, 0.29) is 0 Å². The van der Waals surface area contributed by atoms with E-state index in [1.165, 1.54) is 14.8 Å². The molecule has 0 bridgehead atoms. The number of fused-ring (bicyclic) bond motifs is 1. The van der Waals surface area contributed by atoms with Gasteiger partial charge in [0.05, 0.1) is 0 Å². The van der Waals surface area contributed by atoms with Crippen molar-refractivity contribution in [3.8, 4) is 0 Å². The minimum absolute atomic E-state index is 1.07. The monoisotopic (exact) mass is 277 g/mol. The molecule has 0 unspecified atom stereocenters. The minimum Gasteiger partial charge on any atom is -0.384 e. The summed E-state index contributed by atoms with van der Waals surface area (Å²) in [5.74, 6) is 0. The highest BCUT2D eigenvalue weighted by atomic mass is 127. The third-order valence-corrected chi connectivity index (χ3v) is 3.57. The second-order valence-electron chi connectivity index (χ2n) is 2.64. The summed E-state index contributed by atoms with van der Waals surface area (Å²) in [6.07, 6.45) is 1.14. The van der Waals surface area contributed by atoms with E-state index < -0.39 is 0 Å². The van der Waals surface area contributed by atoms with Crippen molar-refractivity contribution in [2.24, 2.45) is 0 Å². The van der Waals surface area contributed by atoms with Crippen LogP contribution in [-0.2, 0) is 6.42 Å². The number of hydrogen-bond acceptors (Lipinski definition) is 2. The molecule has 1 nitrogen and oxygen atoms in total. The van der Waals surface area contributed by atoms with E-state index in [0.717, 1.165) is 17.9 Å². The lowest BCUT2D eigenvalue weighted by atomic mass is 10.2. The van der Waals surface area contributed by atoms with Gasteiger partial charge in [0.15, 0.2) is 0 Å². The summed E-state index contributed by atoms with van der Waals surface area (Å²) in [5.41, 5.74) is 2.68. The van der Waals surface area contributed by atoms with Gasteiger partial charge in [0.2, 0.25) is 0 Å². The van der Waals surface area contributed by atoms with Crippen LogP contribution >= 0.6 is 35.2 Å². The van der Waals surface area contributed by atoms with Crippen LogP contribution in [0.15, 0.2) is 17.0 Å². The number of rotatable bonds is 0. The van der Waals surface area contributed by atoms with Crippen LogP contribution in [0, 0.1) is 3.57 Å². The Labute approximate surface area is 85.1 Å². The maximum atomic E-state index is 4.36. The number of hydrogen-bond donors (Lipinski definition) is 2. The molecule has 0 aromatic heterocycles. The maximum absolute atomic E-state index is 4.36. The van der Waals surface area contributed by atoms with Gasteiger partial charge in [-0.3, -0.25) is 0 Å². The number of nitrogens with one attached hydrogen (secondary N) is 1. The van der Waals surface area contributed by atoms with E-state index in [2.05, 4.69) is 52.7 Å². The Hall–Kier alpha value is 0.1000. The largest absolute Gasteiger partial charge is 0.384 e. The van der Waals surface area contributed by atoms with Crippen molar-refractivity contribution < 1.29 is 0 Å². The average molecular weight is 277 g/mol. The van der Waals surface area contributed by atoms with Crippen molar-refractivity contribution >= 4 is 40.9 Å². The summed E-state index contributed by atoms with van der Waals surface area (Å²) >= 11 is 6.66. The third kappa shape index (κ3) is 1.36. The number of anilines is 1. The van der Waals surface area contributed by atoms with Gasteiger partial charge in [-0.25, -0.2) is 0 Å². The Bertz CT molecular complexity index is 269. The van der Waals surface area contributed by atoms with Crippen LogP contribution in [-0.4, -0.2) is 6.54 Å². The van der Waals surface area contributed by atoms with Crippen LogP contribution in [0.2, 0.25) is 0 Å². The lowest BCUT2D eigenvalue weighted by Gasteiger charge is -2.02. The van der Waals surface area contributed by atoms with Crippen molar-refractivity contribution in [1.82, 2.24) is 0 Å². The van der Waals surface area contributed by atoms with Crippen LogP contribution in [0.25, 0.3) is 0 Å². The molecule has 11 heavy (non-hydrogen) atoms. The van der Waals surface area contributed by atoms with Gasteiger partial charge < -0.3 is 5.32 Å². The van der Waals surface area contributed by atoms with Gasteiger partial charge in [0, 0.05) is 20.7 Å². The molecule has 2 rings (SSSR count). The standard InChI is InChI=1S/C8H8INS/c9-6-4-7-5(1-2-10-7)3-8(6)11/h3-4,10-11H,1-2H2. The molecule has 0 amide bonds. The van der Waals surface area contributed by atoms with Gasteiger partial charge in [-0.05, 0) is 46.7 Å². The Morgan fingerprint density at radius 2 is 2.27 bits per heavy atom. The average Bonchev–Trinajstić information content (AvgIpc) is 2.36. The topological polar surface area (TPSA) is 12.0 Å². The first-order chi connectivity index (χ1) is 5.27. The Balaban J connectivity index is 2.57.